The number of fused-ring (bicyclic) bond motifs is 1. The van der Waals surface area contributed by atoms with Crippen LogP contribution in [0.5, 0.6) is 0 Å². The van der Waals surface area contributed by atoms with Gasteiger partial charge < -0.3 is 4.74 Å². The normalized spacial score (nSPS) is 12.9. The quantitative estimate of drug-likeness (QED) is 0.112. The summed E-state index contributed by atoms with van der Waals surface area (Å²) in [5, 5.41) is 0. The Kier molecular flexibility index (Phi) is 14.3. The SMILES string of the molecule is COC(=O)CCCCCCCCCCCCCCCCCCCN1C(=O)c2ccccc2C1=O. The number of methoxy groups -OCH3 is 1. The molecule has 0 saturated heterocycles. The van der Waals surface area contributed by atoms with Gasteiger partial charge in [0.1, 0.15) is 0 Å². The van der Waals surface area contributed by atoms with Crippen LogP contribution in [0.2, 0.25) is 0 Å². The van der Waals surface area contributed by atoms with Gasteiger partial charge in [-0.05, 0) is 25.0 Å². The summed E-state index contributed by atoms with van der Waals surface area (Å²) in [5.74, 6) is -0.349. The molecule has 1 aliphatic rings. The van der Waals surface area contributed by atoms with Crippen molar-refractivity contribution < 1.29 is 19.1 Å². The summed E-state index contributed by atoms with van der Waals surface area (Å²) >= 11 is 0. The summed E-state index contributed by atoms with van der Waals surface area (Å²) in [7, 11) is 1.46. The predicted molar refractivity (Wildman–Crippen MR) is 137 cm³/mol. The number of amides is 2. The molecular weight excluding hydrogens is 426 g/mol. The van der Waals surface area contributed by atoms with E-state index in [0.29, 0.717) is 24.1 Å². The predicted octanol–water partition coefficient (Wildman–Crippen LogP) is 7.48. The van der Waals surface area contributed by atoms with Gasteiger partial charge in [-0.1, -0.05) is 108 Å². The Morgan fingerprint density at radius 1 is 0.618 bits per heavy atom. The second kappa shape index (κ2) is 17.3. The minimum Gasteiger partial charge on any atom is -0.469 e. The van der Waals surface area contributed by atoms with Crippen LogP contribution < -0.4 is 0 Å². The Bertz CT molecular complexity index is 710. The summed E-state index contributed by atoms with van der Waals surface area (Å²) in [6, 6.07) is 7.12. The van der Waals surface area contributed by atoms with Crippen molar-refractivity contribution >= 4 is 17.8 Å². The molecule has 2 rings (SSSR count). The Labute approximate surface area is 206 Å². The number of esters is 1. The van der Waals surface area contributed by atoms with Crippen LogP contribution in [0.15, 0.2) is 24.3 Å². The first-order valence-corrected chi connectivity index (χ1v) is 13.7. The number of hydrogen-bond donors (Lipinski definition) is 0. The van der Waals surface area contributed by atoms with Crippen molar-refractivity contribution in [2.75, 3.05) is 13.7 Å². The number of carbonyl (C=O) groups excluding carboxylic acids is 3. The lowest BCUT2D eigenvalue weighted by atomic mass is 10.0. The molecule has 1 heterocycles. The molecule has 5 nitrogen and oxygen atoms in total. The molecule has 0 aromatic heterocycles. The van der Waals surface area contributed by atoms with E-state index in [1.54, 1.807) is 12.1 Å². The number of ether oxygens (including phenoxy) is 1. The van der Waals surface area contributed by atoms with Crippen LogP contribution in [-0.4, -0.2) is 36.3 Å². The van der Waals surface area contributed by atoms with E-state index in [1.165, 1.54) is 95.5 Å². The molecule has 0 spiro atoms. The van der Waals surface area contributed by atoms with E-state index < -0.39 is 0 Å². The maximum atomic E-state index is 12.3. The Morgan fingerprint density at radius 3 is 1.35 bits per heavy atom. The number of unbranched alkanes of at least 4 members (excludes halogenated alkanes) is 16. The van der Waals surface area contributed by atoms with Crippen molar-refractivity contribution in [1.82, 2.24) is 4.90 Å². The highest BCUT2D eigenvalue weighted by atomic mass is 16.5. The van der Waals surface area contributed by atoms with Crippen molar-refractivity contribution in [1.29, 1.82) is 0 Å². The van der Waals surface area contributed by atoms with E-state index in [-0.39, 0.29) is 17.8 Å². The van der Waals surface area contributed by atoms with Gasteiger partial charge in [-0.15, -0.1) is 0 Å². The van der Waals surface area contributed by atoms with Crippen LogP contribution in [0.25, 0.3) is 0 Å². The van der Waals surface area contributed by atoms with Crippen LogP contribution in [0.4, 0.5) is 0 Å². The number of imide groups is 1. The third-order valence-electron chi connectivity index (χ3n) is 6.87. The lowest BCUT2D eigenvalue weighted by Gasteiger charge is -2.13. The van der Waals surface area contributed by atoms with Crippen molar-refractivity contribution in [2.45, 2.75) is 116 Å². The molecular formula is C29H45NO4. The standard InChI is InChI=1S/C29H45NO4/c1-34-27(31)23-17-15-13-11-9-7-5-3-2-4-6-8-10-12-14-16-20-24-30-28(32)25-21-18-19-22-26(25)29(30)33/h18-19,21-22H,2-17,20,23-24H2,1H3. The number of hydrogen-bond acceptors (Lipinski definition) is 4. The van der Waals surface area contributed by atoms with E-state index >= 15 is 0 Å². The smallest absolute Gasteiger partial charge is 0.305 e. The topological polar surface area (TPSA) is 63.7 Å². The number of nitrogens with zero attached hydrogens (tertiary/aromatic N) is 1. The second-order valence-corrected chi connectivity index (χ2v) is 9.64. The van der Waals surface area contributed by atoms with Gasteiger partial charge in [0.2, 0.25) is 0 Å². The Balaban J connectivity index is 1.30. The first-order valence-electron chi connectivity index (χ1n) is 13.7. The van der Waals surface area contributed by atoms with E-state index in [2.05, 4.69) is 4.74 Å². The summed E-state index contributed by atoms with van der Waals surface area (Å²) in [5.41, 5.74) is 1.10. The monoisotopic (exact) mass is 471 g/mol. The molecule has 1 aliphatic heterocycles. The molecule has 190 valence electrons. The lowest BCUT2D eigenvalue weighted by Crippen LogP contribution is -2.30. The third-order valence-corrected chi connectivity index (χ3v) is 6.87. The highest BCUT2D eigenvalue weighted by Gasteiger charge is 2.34. The van der Waals surface area contributed by atoms with E-state index in [4.69, 9.17) is 0 Å². The minimum atomic E-state index is -0.131. The molecule has 0 unspecified atom stereocenters. The van der Waals surface area contributed by atoms with Crippen LogP contribution in [0, 0.1) is 0 Å². The zero-order valence-electron chi connectivity index (χ0n) is 21.3. The minimum absolute atomic E-state index is 0.0858. The van der Waals surface area contributed by atoms with Crippen molar-refractivity contribution in [3.05, 3.63) is 35.4 Å². The van der Waals surface area contributed by atoms with Gasteiger partial charge in [-0.2, -0.15) is 0 Å². The first kappa shape index (κ1) is 28.1. The number of carbonyl (C=O) groups is 3. The van der Waals surface area contributed by atoms with E-state index in [0.717, 1.165) is 25.7 Å². The highest BCUT2D eigenvalue weighted by Crippen LogP contribution is 2.23. The third kappa shape index (κ3) is 10.4. The fraction of sp³-hybridized carbons (Fsp3) is 0.690. The van der Waals surface area contributed by atoms with Crippen LogP contribution in [0.3, 0.4) is 0 Å². The summed E-state index contributed by atoms with van der Waals surface area (Å²) in [4.78, 5) is 37.1. The van der Waals surface area contributed by atoms with Gasteiger partial charge in [0.05, 0.1) is 18.2 Å². The molecule has 0 radical (unpaired) electrons. The van der Waals surface area contributed by atoms with E-state index in [9.17, 15) is 14.4 Å². The Hall–Kier alpha value is -2.17. The molecule has 1 aromatic rings. The van der Waals surface area contributed by atoms with Crippen molar-refractivity contribution in [3.8, 4) is 0 Å². The van der Waals surface area contributed by atoms with Gasteiger partial charge in [0.25, 0.3) is 11.8 Å². The molecule has 34 heavy (non-hydrogen) atoms. The molecule has 0 saturated carbocycles. The van der Waals surface area contributed by atoms with Gasteiger partial charge in [0.15, 0.2) is 0 Å². The Morgan fingerprint density at radius 2 is 0.971 bits per heavy atom. The summed E-state index contributed by atoms with van der Waals surface area (Å²) in [6.07, 6.45) is 21.7. The maximum absolute atomic E-state index is 12.3. The van der Waals surface area contributed by atoms with Gasteiger partial charge in [-0.25, -0.2) is 0 Å². The van der Waals surface area contributed by atoms with Crippen LogP contribution in [-0.2, 0) is 9.53 Å². The molecule has 0 aliphatic carbocycles. The lowest BCUT2D eigenvalue weighted by molar-refractivity contribution is -0.140. The zero-order valence-corrected chi connectivity index (χ0v) is 21.3. The average Bonchev–Trinajstić information content (AvgIpc) is 3.10. The van der Waals surface area contributed by atoms with Crippen LogP contribution >= 0.6 is 0 Å². The summed E-state index contributed by atoms with van der Waals surface area (Å²) in [6.45, 7) is 0.543. The van der Waals surface area contributed by atoms with Crippen molar-refractivity contribution in [3.63, 3.8) is 0 Å². The maximum Gasteiger partial charge on any atom is 0.305 e. The fourth-order valence-corrected chi connectivity index (χ4v) is 4.74. The van der Waals surface area contributed by atoms with Crippen molar-refractivity contribution in [2.24, 2.45) is 0 Å². The number of rotatable bonds is 20. The summed E-state index contributed by atoms with van der Waals surface area (Å²) < 4.78 is 4.65. The highest BCUT2D eigenvalue weighted by molar-refractivity contribution is 6.21. The van der Waals surface area contributed by atoms with Gasteiger partial charge >= 0.3 is 5.97 Å². The van der Waals surface area contributed by atoms with Crippen LogP contribution in [0.1, 0.15) is 136 Å². The van der Waals surface area contributed by atoms with Gasteiger partial charge in [0, 0.05) is 13.0 Å². The number of benzene rings is 1. The van der Waals surface area contributed by atoms with E-state index in [1.807, 2.05) is 12.1 Å². The molecule has 0 atom stereocenters. The second-order valence-electron chi connectivity index (χ2n) is 9.64. The largest absolute Gasteiger partial charge is 0.469 e. The molecule has 0 bridgehead atoms. The molecule has 0 N–H and O–H groups in total. The first-order chi connectivity index (χ1) is 16.6. The fourth-order valence-electron chi connectivity index (χ4n) is 4.74. The van der Waals surface area contributed by atoms with Gasteiger partial charge in [-0.3, -0.25) is 19.3 Å². The molecule has 1 aromatic carbocycles. The molecule has 0 fully saturated rings. The molecule has 2 amide bonds. The molecule has 5 heteroatoms. The average molecular weight is 472 g/mol. The zero-order chi connectivity index (χ0) is 24.4.